The van der Waals surface area contributed by atoms with Crippen LogP contribution in [0.2, 0.25) is 0 Å². The number of likely N-dealkylation sites (tertiary alicyclic amines) is 1. The number of hydrogen-bond donors (Lipinski definition) is 1. The quantitative estimate of drug-likeness (QED) is 0.929. The number of aryl methyl sites for hydroxylation is 2. The highest BCUT2D eigenvalue weighted by Gasteiger charge is 2.38. The van der Waals surface area contributed by atoms with Crippen LogP contribution in [0, 0.1) is 0 Å². The minimum atomic E-state index is 0.132. The van der Waals surface area contributed by atoms with Crippen molar-refractivity contribution in [3.8, 4) is 0 Å². The highest BCUT2D eigenvalue weighted by atomic mass is 32.1. The van der Waals surface area contributed by atoms with E-state index in [-0.39, 0.29) is 5.54 Å². The van der Waals surface area contributed by atoms with Crippen molar-refractivity contribution in [3.63, 3.8) is 0 Å². The molecule has 20 heavy (non-hydrogen) atoms. The van der Waals surface area contributed by atoms with Gasteiger partial charge < -0.3 is 10.2 Å². The molecule has 1 aromatic heterocycles. The molecule has 112 valence electrons. The molecular formula is C16H27N3S. The van der Waals surface area contributed by atoms with Crippen molar-refractivity contribution in [2.45, 2.75) is 64.0 Å². The highest BCUT2D eigenvalue weighted by molar-refractivity contribution is 7.11. The lowest BCUT2D eigenvalue weighted by Crippen LogP contribution is -2.51. The molecule has 2 heterocycles. The molecule has 3 rings (SSSR count). The van der Waals surface area contributed by atoms with Gasteiger partial charge in [-0.25, -0.2) is 4.98 Å². The van der Waals surface area contributed by atoms with Gasteiger partial charge in [0.15, 0.2) is 0 Å². The van der Waals surface area contributed by atoms with Gasteiger partial charge in [0.1, 0.15) is 5.01 Å². The minimum Gasteiger partial charge on any atom is -0.308 e. The van der Waals surface area contributed by atoms with Crippen LogP contribution in [0.1, 0.15) is 55.1 Å². The third kappa shape index (κ3) is 2.53. The summed E-state index contributed by atoms with van der Waals surface area (Å²) in [5.74, 6) is 0. The standard InChI is InChI=1S/C16H27N3S/c1-12(2)19-10-8-16(17-3,9-11-19)15-18-13-6-4-5-7-14(13)20-15/h12,17H,4-11H2,1-3H3. The zero-order chi connectivity index (χ0) is 14.2. The molecule has 1 N–H and O–H groups in total. The van der Waals surface area contributed by atoms with Gasteiger partial charge in [-0.2, -0.15) is 0 Å². The Kier molecular flexibility index (Phi) is 4.16. The molecule has 1 aliphatic carbocycles. The van der Waals surface area contributed by atoms with Crippen molar-refractivity contribution >= 4 is 11.3 Å². The van der Waals surface area contributed by atoms with Crippen molar-refractivity contribution in [1.82, 2.24) is 15.2 Å². The summed E-state index contributed by atoms with van der Waals surface area (Å²) >= 11 is 1.98. The maximum absolute atomic E-state index is 5.02. The van der Waals surface area contributed by atoms with E-state index in [1.165, 1.54) is 62.3 Å². The van der Waals surface area contributed by atoms with Crippen LogP contribution in [0.3, 0.4) is 0 Å². The van der Waals surface area contributed by atoms with Gasteiger partial charge in [0.05, 0.1) is 11.2 Å². The fraction of sp³-hybridized carbons (Fsp3) is 0.812. The monoisotopic (exact) mass is 293 g/mol. The molecule has 0 radical (unpaired) electrons. The van der Waals surface area contributed by atoms with Gasteiger partial charge in [-0.1, -0.05) is 0 Å². The van der Waals surface area contributed by atoms with E-state index >= 15 is 0 Å². The number of rotatable bonds is 3. The van der Waals surface area contributed by atoms with Gasteiger partial charge in [-0.15, -0.1) is 11.3 Å². The topological polar surface area (TPSA) is 28.2 Å². The number of thiazole rings is 1. The molecule has 0 spiro atoms. The van der Waals surface area contributed by atoms with Crippen LogP contribution >= 0.6 is 11.3 Å². The highest BCUT2D eigenvalue weighted by Crippen LogP contribution is 2.38. The second kappa shape index (κ2) is 5.74. The molecule has 1 aliphatic heterocycles. The van der Waals surface area contributed by atoms with Crippen LogP contribution < -0.4 is 5.32 Å². The van der Waals surface area contributed by atoms with Crippen molar-refractivity contribution in [2.75, 3.05) is 20.1 Å². The third-order valence-electron chi connectivity index (χ3n) is 5.12. The summed E-state index contributed by atoms with van der Waals surface area (Å²) in [5.41, 5.74) is 1.53. The van der Waals surface area contributed by atoms with Gasteiger partial charge in [-0.3, -0.25) is 0 Å². The second-order valence-electron chi connectivity index (χ2n) is 6.56. The fourth-order valence-corrected chi connectivity index (χ4v) is 4.95. The number of hydrogen-bond acceptors (Lipinski definition) is 4. The zero-order valence-corrected chi connectivity index (χ0v) is 13.9. The first kappa shape index (κ1) is 14.5. The smallest absolute Gasteiger partial charge is 0.113 e. The second-order valence-corrected chi connectivity index (χ2v) is 7.64. The van der Waals surface area contributed by atoms with E-state index in [4.69, 9.17) is 4.98 Å². The van der Waals surface area contributed by atoms with E-state index in [0.717, 1.165) is 0 Å². The third-order valence-corrected chi connectivity index (χ3v) is 6.48. The number of nitrogens with one attached hydrogen (secondary N) is 1. The minimum absolute atomic E-state index is 0.132. The van der Waals surface area contributed by atoms with E-state index in [1.54, 1.807) is 4.88 Å². The fourth-order valence-electron chi connectivity index (χ4n) is 3.55. The predicted octanol–water partition coefficient (Wildman–Crippen LogP) is 2.94. The molecular weight excluding hydrogens is 266 g/mol. The molecule has 1 saturated heterocycles. The molecule has 0 amide bonds. The maximum atomic E-state index is 5.02. The number of nitrogens with zero attached hydrogens (tertiary/aromatic N) is 2. The van der Waals surface area contributed by atoms with Crippen molar-refractivity contribution in [3.05, 3.63) is 15.6 Å². The van der Waals surface area contributed by atoms with Crippen LogP contribution in [0.5, 0.6) is 0 Å². The van der Waals surface area contributed by atoms with Crippen LogP contribution in [0.15, 0.2) is 0 Å². The molecule has 0 bridgehead atoms. The number of fused-ring (bicyclic) bond motifs is 1. The Morgan fingerprint density at radius 2 is 1.90 bits per heavy atom. The molecule has 3 nitrogen and oxygen atoms in total. The molecule has 4 heteroatoms. The number of aromatic nitrogens is 1. The summed E-state index contributed by atoms with van der Waals surface area (Å²) in [5, 5.41) is 4.98. The summed E-state index contributed by atoms with van der Waals surface area (Å²) < 4.78 is 0. The maximum Gasteiger partial charge on any atom is 0.113 e. The summed E-state index contributed by atoms with van der Waals surface area (Å²) in [7, 11) is 2.12. The average Bonchev–Trinajstić information content (AvgIpc) is 2.91. The summed E-state index contributed by atoms with van der Waals surface area (Å²) in [6, 6.07) is 0.661. The van der Waals surface area contributed by atoms with E-state index in [9.17, 15) is 0 Å². The van der Waals surface area contributed by atoms with Crippen LogP contribution in [0.25, 0.3) is 0 Å². The Morgan fingerprint density at radius 1 is 1.20 bits per heavy atom. The molecule has 0 unspecified atom stereocenters. The lowest BCUT2D eigenvalue weighted by molar-refractivity contribution is 0.114. The summed E-state index contributed by atoms with van der Waals surface area (Å²) in [6.07, 6.45) is 7.50. The Bertz CT molecular complexity index is 435. The summed E-state index contributed by atoms with van der Waals surface area (Å²) in [6.45, 7) is 6.97. The van der Waals surface area contributed by atoms with Crippen LogP contribution in [-0.4, -0.2) is 36.1 Å². The van der Waals surface area contributed by atoms with Gasteiger partial charge in [-0.05, 0) is 59.4 Å². The van der Waals surface area contributed by atoms with Gasteiger partial charge in [0, 0.05) is 24.0 Å². The molecule has 0 saturated carbocycles. The number of piperidine rings is 1. The largest absolute Gasteiger partial charge is 0.308 e. The van der Waals surface area contributed by atoms with E-state index in [1.807, 2.05) is 11.3 Å². The zero-order valence-electron chi connectivity index (χ0n) is 13.0. The first-order chi connectivity index (χ1) is 9.64. The van der Waals surface area contributed by atoms with E-state index in [2.05, 4.69) is 31.1 Å². The lowest BCUT2D eigenvalue weighted by Gasteiger charge is -2.42. The average molecular weight is 293 g/mol. The molecule has 1 aromatic rings. The lowest BCUT2D eigenvalue weighted by atomic mass is 9.87. The van der Waals surface area contributed by atoms with Gasteiger partial charge in [0.2, 0.25) is 0 Å². The Morgan fingerprint density at radius 3 is 2.50 bits per heavy atom. The molecule has 0 aromatic carbocycles. The van der Waals surface area contributed by atoms with E-state index < -0.39 is 0 Å². The Hall–Kier alpha value is -0.450. The van der Waals surface area contributed by atoms with E-state index in [0.29, 0.717) is 6.04 Å². The predicted molar refractivity (Wildman–Crippen MR) is 85.4 cm³/mol. The molecule has 1 fully saturated rings. The van der Waals surface area contributed by atoms with Gasteiger partial charge in [0.25, 0.3) is 0 Å². The Balaban J connectivity index is 1.81. The first-order valence-corrected chi connectivity index (χ1v) is 8.88. The Labute approximate surface area is 126 Å². The molecule has 2 aliphatic rings. The van der Waals surface area contributed by atoms with Gasteiger partial charge >= 0.3 is 0 Å². The van der Waals surface area contributed by atoms with Crippen LogP contribution in [0.4, 0.5) is 0 Å². The summed E-state index contributed by atoms with van der Waals surface area (Å²) in [4.78, 5) is 9.17. The molecule has 0 atom stereocenters. The van der Waals surface area contributed by atoms with Crippen molar-refractivity contribution in [1.29, 1.82) is 0 Å². The van der Waals surface area contributed by atoms with Crippen molar-refractivity contribution < 1.29 is 0 Å². The normalized spacial score (nSPS) is 23.0. The van der Waals surface area contributed by atoms with Crippen molar-refractivity contribution in [2.24, 2.45) is 0 Å². The van der Waals surface area contributed by atoms with Crippen LogP contribution in [-0.2, 0) is 18.4 Å². The first-order valence-electron chi connectivity index (χ1n) is 8.07. The SMILES string of the molecule is CNC1(c2nc3c(s2)CCCC3)CCN(C(C)C)CC1.